The van der Waals surface area contributed by atoms with E-state index in [0.717, 1.165) is 6.42 Å². The third-order valence-electron chi connectivity index (χ3n) is 3.04. The van der Waals surface area contributed by atoms with Crippen LogP contribution in [0.1, 0.15) is 23.1 Å². The second-order valence-corrected chi connectivity index (χ2v) is 4.38. The lowest BCUT2D eigenvalue weighted by Crippen LogP contribution is -2.28. The lowest BCUT2D eigenvalue weighted by atomic mass is 10.0. The Kier molecular flexibility index (Phi) is 3.39. The predicted octanol–water partition coefficient (Wildman–Crippen LogP) is 1.69. The highest BCUT2D eigenvalue weighted by Crippen LogP contribution is 2.23. The van der Waals surface area contributed by atoms with Crippen molar-refractivity contribution < 1.29 is 4.74 Å². The van der Waals surface area contributed by atoms with Gasteiger partial charge in [-0.3, -0.25) is 0 Å². The van der Waals surface area contributed by atoms with Crippen LogP contribution in [0.3, 0.4) is 0 Å². The minimum Gasteiger partial charge on any atom is -0.383 e. The van der Waals surface area contributed by atoms with E-state index < -0.39 is 0 Å². The van der Waals surface area contributed by atoms with Crippen LogP contribution in [0.2, 0.25) is 0 Å². The average molecular weight is 205 g/mol. The van der Waals surface area contributed by atoms with E-state index in [2.05, 4.69) is 18.2 Å². The first-order chi connectivity index (χ1) is 7.29. The van der Waals surface area contributed by atoms with Gasteiger partial charge in [-0.15, -0.1) is 0 Å². The van der Waals surface area contributed by atoms with E-state index in [4.69, 9.17) is 10.5 Å². The molecule has 0 aromatic heterocycles. The van der Waals surface area contributed by atoms with Crippen molar-refractivity contribution >= 4 is 0 Å². The summed E-state index contributed by atoms with van der Waals surface area (Å²) < 4.78 is 5.04. The standard InChI is InChI=1S/C13H19NO/c1-15-9-13(14)8-10-5-6-11-3-2-4-12(11)7-10/h5-7,13H,2-4,8-9,14H2,1H3. The summed E-state index contributed by atoms with van der Waals surface area (Å²) in [6.45, 7) is 0.636. The number of hydrogen-bond acceptors (Lipinski definition) is 2. The molecule has 1 aliphatic rings. The molecular weight excluding hydrogens is 186 g/mol. The van der Waals surface area contributed by atoms with Gasteiger partial charge >= 0.3 is 0 Å². The minimum absolute atomic E-state index is 0.120. The van der Waals surface area contributed by atoms with Crippen LogP contribution in [0.25, 0.3) is 0 Å². The lowest BCUT2D eigenvalue weighted by Gasteiger charge is -2.11. The molecule has 1 unspecified atom stereocenters. The minimum atomic E-state index is 0.120. The molecule has 0 bridgehead atoms. The second-order valence-electron chi connectivity index (χ2n) is 4.38. The molecule has 2 N–H and O–H groups in total. The smallest absolute Gasteiger partial charge is 0.0616 e. The SMILES string of the molecule is COCC(N)Cc1ccc2c(c1)CCC2. The molecule has 1 aliphatic carbocycles. The quantitative estimate of drug-likeness (QED) is 0.812. The van der Waals surface area contributed by atoms with Gasteiger partial charge in [-0.2, -0.15) is 0 Å². The number of hydrogen-bond donors (Lipinski definition) is 1. The molecule has 0 saturated heterocycles. The van der Waals surface area contributed by atoms with Crippen LogP contribution in [-0.4, -0.2) is 19.8 Å². The van der Waals surface area contributed by atoms with Gasteiger partial charge in [0.25, 0.3) is 0 Å². The van der Waals surface area contributed by atoms with Crippen LogP contribution in [0.4, 0.5) is 0 Å². The molecule has 0 amide bonds. The zero-order valence-corrected chi connectivity index (χ0v) is 9.33. The van der Waals surface area contributed by atoms with Crippen molar-refractivity contribution in [3.63, 3.8) is 0 Å². The van der Waals surface area contributed by atoms with Gasteiger partial charge in [0.15, 0.2) is 0 Å². The van der Waals surface area contributed by atoms with Crippen molar-refractivity contribution in [1.29, 1.82) is 0 Å². The lowest BCUT2D eigenvalue weighted by molar-refractivity contribution is 0.180. The van der Waals surface area contributed by atoms with Crippen molar-refractivity contribution in [2.75, 3.05) is 13.7 Å². The Hall–Kier alpha value is -0.860. The third-order valence-corrected chi connectivity index (χ3v) is 3.04. The van der Waals surface area contributed by atoms with Crippen LogP contribution in [0.5, 0.6) is 0 Å². The van der Waals surface area contributed by atoms with Gasteiger partial charge in [-0.05, 0) is 42.4 Å². The summed E-state index contributed by atoms with van der Waals surface area (Å²) in [5.41, 5.74) is 10.3. The molecule has 2 rings (SSSR count). The van der Waals surface area contributed by atoms with E-state index in [0.29, 0.717) is 6.61 Å². The molecule has 0 fully saturated rings. The maximum atomic E-state index is 5.94. The monoisotopic (exact) mass is 205 g/mol. The van der Waals surface area contributed by atoms with E-state index in [9.17, 15) is 0 Å². The zero-order chi connectivity index (χ0) is 10.7. The predicted molar refractivity (Wildman–Crippen MR) is 62.0 cm³/mol. The number of nitrogens with two attached hydrogens (primary N) is 1. The second kappa shape index (κ2) is 4.77. The molecule has 0 spiro atoms. The van der Waals surface area contributed by atoms with Gasteiger partial charge in [0.05, 0.1) is 6.61 Å². The molecule has 1 atom stereocenters. The van der Waals surface area contributed by atoms with Gasteiger partial charge < -0.3 is 10.5 Å². The Labute approximate surface area is 91.4 Å². The van der Waals surface area contributed by atoms with Gasteiger partial charge in [0, 0.05) is 13.2 Å². The van der Waals surface area contributed by atoms with Gasteiger partial charge in [-0.1, -0.05) is 18.2 Å². The summed E-state index contributed by atoms with van der Waals surface area (Å²) in [5, 5.41) is 0. The van der Waals surface area contributed by atoms with E-state index in [1.54, 1.807) is 7.11 Å². The Bertz CT molecular complexity index is 335. The maximum absolute atomic E-state index is 5.94. The fourth-order valence-electron chi connectivity index (χ4n) is 2.33. The largest absolute Gasteiger partial charge is 0.383 e. The van der Waals surface area contributed by atoms with Crippen LogP contribution >= 0.6 is 0 Å². The molecular formula is C13H19NO. The van der Waals surface area contributed by atoms with E-state index in [-0.39, 0.29) is 6.04 Å². The first-order valence-corrected chi connectivity index (χ1v) is 5.65. The number of benzene rings is 1. The Morgan fingerprint density at radius 2 is 2.13 bits per heavy atom. The highest BCUT2D eigenvalue weighted by molar-refractivity contribution is 5.35. The van der Waals surface area contributed by atoms with Crippen molar-refractivity contribution in [3.05, 3.63) is 34.9 Å². The summed E-state index contributed by atoms with van der Waals surface area (Å²) >= 11 is 0. The molecule has 0 heterocycles. The average Bonchev–Trinajstić information content (AvgIpc) is 2.65. The number of fused-ring (bicyclic) bond motifs is 1. The summed E-state index contributed by atoms with van der Waals surface area (Å²) in [5.74, 6) is 0. The first kappa shape index (κ1) is 10.7. The van der Waals surface area contributed by atoms with Gasteiger partial charge in [0.2, 0.25) is 0 Å². The number of ether oxygens (including phenoxy) is 1. The summed E-state index contributed by atoms with van der Waals surface area (Å²) in [6, 6.07) is 6.91. The molecule has 1 aromatic rings. The van der Waals surface area contributed by atoms with Crippen molar-refractivity contribution in [3.8, 4) is 0 Å². The Balaban J connectivity index is 2.03. The van der Waals surface area contributed by atoms with E-state index in [1.165, 1.54) is 36.0 Å². The molecule has 0 saturated carbocycles. The van der Waals surface area contributed by atoms with Crippen molar-refractivity contribution in [2.45, 2.75) is 31.7 Å². The Morgan fingerprint density at radius 3 is 2.93 bits per heavy atom. The van der Waals surface area contributed by atoms with Crippen LogP contribution in [-0.2, 0) is 24.0 Å². The van der Waals surface area contributed by atoms with Crippen molar-refractivity contribution in [1.82, 2.24) is 0 Å². The molecule has 0 aliphatic heterocycles. The molecule has 1 aromatic carbocycles. The highest BCUT2D eigenvalue weighted by Gasteiger charge is 2.11. The molecule has 2 heteroatoms. The van der Waals surface area contributed by atoms with E-state index >= 15 is 0 Å². The topological polar surface area (TPSA) is 35.2 Å². The van der Waals surface area contributed by atoms with Crippen LogP contribution < -0.4 is 5.73 Å². The Morgan fingerprint density at radius 1 is 1.33 bits per heavy atom. The van der Waals surface area contributed by atoms with Crippen molar-refractivity contribution in [2.24, 2.45) is 5.73 Å². The number of rotatable bonds is 4. The summed E-state index contributed by atoms with van der Waals surface area (Å²) in [7, 11) is 1.70. The number of methoxy groups -OCH3 is 1. The first-order valence-electron chi connectivity index (χ1n) is 5.65. The van der Waals surface area contributed by atoms with E-state index in [1.807, 2.05) is 0 Å². The van der Waals surface area contributed by atoms with Gasteiger partial charge in [0.1, 0.15) is 0 Å². The normalized spacial score (nSPS) is 16.4. The fourth-order valence-corrected chi connectivity index (χ4v) is 2.33. The summed E-state index contributed by atoms with van der Waals surface area (Å²) in [4.78, 5) is 0. The van der Waals surface area contributed by atoms with Gasteiger partial charge in [-0.25, -0.2) is 0 Å². The zero-order valence-electron chi connectivity index (χ0n) is 9.33. The maximum Gasteiger partial charge on any atom is 0.0616 e. The van der Waals surface area contributed by atoms with Crippen LogP contribution in [0.15, 0.2) is 18.2 Å². The molecule has 15 heavy (non-hydrogen) atoms. The molecule has 82 valence electrons. The molecule has 0 radical (unpaired) electrons. The summed E-state index contributed by atoms with van der Waals surface area (Å²) in [6.07, 6.45) is 4.71. The fraction of sp³-hybridized carbons (Fsp3) is 0.538. The highest BCUT2D eigenvalue weighted by atomic mass is 16.5. The molecule has 2 nitrogen and oxygen atoms in total. The third kappa shape index (κ3) is 2.58. The number of aryl methyl sites for hydroxylation is 2. The van der Waals surface area contributed by atoms with Crippen LogP contribution in [0, 0.1) is 0 Å².